The zero-order chi connectivity index (χ0) is 20.7. The fourth-order valence-electron chi connectivity index (χ4n) is 3.52. The summed E-state index contributed by atoms with van der Waals surface area (Å²) in [5, 5.41) is 3.78. The van der Waals surface area contributed by atoms with E-state index < -0.39 is 23.9 Å². The van der Waals surface area contributed by atoms with Crippen molar-refractivity contribution in [2.75, 3.05) is 0 Å². The highest BCUT2D eigenvalue weighted by atomic mass is 19.4. The van der Waals surface area contributed by atoms with Crippen molar-refractivity contribution >= 4 is 28.2 Å². The first-order valence-corrected chi connectivity index (χ1v) is 8.91. The second-order valence-corrected chi connectivity index (χ2v) is 7.70. The standard InChI is InChI=1S/C21H21F4NO2/c1-12(10-20(2,3)22)26-19(21(23,24)25)14-5-6-15-16-8-13(11-27)4-7-17(16)28-18(15)9-14/h4-9,11-12,19,26H,10H2,1-3H3. The summed E-state index contributed by atoms with van der Waals surface area (Å²) in [4.78, 5) is 11.0. The van der Waals surface area contributed by atoms with E-state index in [0.29, 0.717) is 33.8 Å². The molecular weight excluding hydrogens is 374 g/mol. The first-order valence-electron chi connectivity index (χ1n) is 8.91. The van der Waals surface area contributed by atoms with Gasteiger partial charge in [-0.15, -0.1) is 0 Å². The van der Waals surface area contributed by atoms with Gasteiger partial charge in [0.2, 0.25) is 0 Å². The average molecular weight is 395 g/mol. The number of carbonyl (C=O) groups is 1. The van der Waals surface area contributed by atoms with E-state index in [0.717, 1.165) is 0 Å². The van der Waals surface area contributed by atoms with E-state index in [1.54, 1.807) is 24.3 Å². The predicted octanol–water partition coefficient (Wildman–Crippen LogP) is 6.12. The molecule has 7 heteroatoms. The lowest BCUT2D eigenvalue weighted by Crippen LogP contribution is -2.41. The molecule has 2 aromatic carbocycles. The molecule has 0 saturated carbocycles. The summed E-state index contributed by atoms with van der Waals surface area (Å²) < 4.78 is 60.5. The molecule has 1 aromatic heterocycles. The minimum atomic E-state index is -4.56. The maximum atomic E-state index is 13.8. The quantitative estimate of drug-likeness (QED) is 0.404. The summed E-state index contributed by atoms with van der Waals surface area (Å²) >= 11 is 0. The van der Waals surface area contributed by atoms with Crippen LogP contribution in [0.5, 0.6) is 0 Å². The van der Waals surface area contributed by atoms with Crippen LogP contribution in [0.4, 0.5) is 17.6 Å². The molecule has 0 saturated heterocycles. The van der Waals surface area contributed by atoms with Gasteiger partial charge in [-0.1, -0.05) is 12.1 Å². The summed E-state index contributed by atoms with van der Waals surface area (Å²) in [5.74, 6) is 0. The molecule has 1 N–H and O–H groups in total. The first kappa shape index (κ1) is 20.3. The number of nitrogens with one attached hydrogen (secondary N) is 1. The Kier molecular flexibility index (Phi) is 5.23. The van der Waals surface area contributed by atoms with Crippen LogP contribution >= 0.6 is 0 Å². The molecule has 1 heterocycles. The molecule has 150 valence electrons. The Morgan fingerprint density at radius 2 is 1.75 bits per heavy atom. The van der Waals surface area contributed by atoms with Gasteiger partial charge in [0, 0.05) is 22.4 Å². The van der Waals surface area contributed by atoms with E-state index in [2.05, 4.69) is 5.32 Å². The number of aldehydes is 1. The van der Waals surface area contributed by atoms with Gasteiger partial charge in [0.05, 0.1) is 0 Å². The molecule has 0 aliphatic heterocycles. The minimum absolute atomic E-state index is 0.0156. The Balaban J connectivity index is 2.00. The third kappa shape index (κ3) is 4.35. The number of carbonyl (C=O) groups excluding carboxylic acids is 1. The summed E-state index contributed by atoms with van der Waals surface area (Å²) in [6.07, 6.45) is -3.91. The topological polar surface area (TPSA) is 42.2 Å². The van der Waals surface area contributed by atoms with Crippen LogP contribution in [0.3, 0.4) is 0 Å². The number of furan rings is 1. The molecule has 2 unspecified atom stereocenters. The lowest BCUT2D eigenvalue weighted by Gasteiger charge is -2.28. The fourth-order valence-corrected chi connectivity index (χ4v) is 3.52. The van der Waals surface area contributed by atoms with E-state index in [-0.39, 0.29) is 12.0 Å². The van der Waals surface area contributed by atoms with Crippen LogP contribution in [0.1, 0.15) is 49.2 Å². The highest BCUT2D eigenvalue weighted by Crippen LogP contribution is 2.37. The molecule has 0 radical (unpaired) electrons. The van der Waals surface area contributed by atoms with E-state index in [1.807, 2.05) is 0 Å². The molecule has 3 rings (SSSR count). The van der Waals surface area contributed by atoms with Crippen LogP contribution in [0, 0.1) is 0 Å². The second kappa shape index (κ2) is 7.20. The van der Waals surface area contributed by atoms with Crippen molar-refractivity contribution in [2.24, 2.45) is 0 Å². The van der Waals surface area contributed by atoms with Crippen LogP contribution in [0.15, 0.2) is 40.8 Å². The van der Waals surface area contributed by atoms with Gasteiger partial charge in [0.15, 0.2) is 0 Å². The van der Waals surface area contributed by atoms with Crippen LogP contribution in [0.25, 0.3) is 21.9 Å². The van der Waals surface area contributed by atoms with Crippen LogP contribution in [-0.2, 0) is 0 Å². The Bertz CT molecular complexity index is 1000. The van der Waals surface area contributed by atoms with Gasteiger partial charge in [0.25, 0.3) is 0 Å². The van der Waals surface area contributed by atoms with Crippen molar-refractivity contribution in [1.82, 2.24) is 5.32 Å². The van der Waals surface area contributed by atoms with Gasteiger partial charge >= 0.3 is 6.18 Å². The van der Waals surface area contributed by atoms with Crippen LogP contribution in [-0.4, -0.2) is 24.2 Å². The summed E-state index contributed by atoms with van der Waals surface area (Å²) in [5.41, 5.74) is -0.358. The average Bonchev–Trinajstić information content (AvgIpc) is 2.93. The third-order valence-electron chi connectivity index (χ3n) is 4.56. The molecule has 28 heavy (non-hydrogen) atoms. The molecule has 0 spiro atoms. The monoisotopic (exact) mass is 395 g/mol. The third-order valence-corrected chi connectivity index (χ3v) is 4.56. The fraction of sp³-hybridized carbons (Fsp3) is 0.381. The lowest BCUT2D eigenvalue weighted by atomic mass is 9.98. The van der Waals surface area contributed by atoms with E-state index in [9.17, 15) is 22.4 Å². The van der Waals surface area contributed by atoms with Gasteiger partial charge in [-0.3, -0.25) is 10.1 Å². The van der Waals surface area contributed by atoms with Gasteiger partial charge in [0.1, 0.15) is 29.2 Å². The van der Waals surface area contributed by atoms with Crippen molar-refractivity contribution in [3.05, 3.63) is 47.5 Å². The zero-order valence-corrected chi connectivity index (χ0v) is 15.7. The molecule has 0 amide bonds. The van der Waals surface area contributed by atoms with Gasteiger partial charge in [-0.2, -0.15) is 13.2 Å². The van der Waals surface area contributed by atoms with E-state index in [4.69, 9.17) is 4.42 Å². The Hall–Kier alpha value is -2.41. The van der Waals surface area contributed by atoms with Crippen LogP contribution < -0.4 is 5.32 Å². The van der Waals surface area contributed by atoms with Crippen molar-refractivity contribution < 1.29 is 26.8 Å². The first-order chi connectivity index (χ1) is 13.0. The maximum absolute atomic E-state index is 13.8. The van der Waals surface area contributed by atoms with E-state index in [1.165, 1.54) is 32.9 Å². The Labute approximate surface area is 159 Å². The number of rotatable bonds is 6. The SMILES string of the molecule is CC(CC(C)(C)F)NC(c1ccc2c(c1)oc1ccc(C=O)cc12)C(F)(F)F. The van der Waals surface area contributed by atoms with E-state index >= 15 is 0 Å². The molecule has 0 fully saturated rings. The van der Waals surface area contributed by atoms with Crippen molar-refractivity contribution in [2.45, 2.75) is 51.1 Å². The minimum Gasteiger partial charge on any atom is -0.456 e. The smallest absolute Gasteiger partial charge is 0.407 e. The lowest BCUT2D eigenvalue weighted by molar-refractivity contribution is -0.160. The van der Waals surface area contributed by atoms with Gasteiger partial charge in [-0.25, -0.2) is 4.39 Å². The predicted molar refractivity (Wildman–Crippen MR) is 100 cm³/mol. The van der Waals surface area contributed by atoms with Gasteiger partial charge < -0.3 is 4.42 Å². The number of halogens is 4. The van der Waals surface area contributed by atoms with Crippen LogP contribution in [0.2, 0.25) is 0 Å². The molecule has 3 aromatic rings. The Morgan fingerprint density at radius 1 is 1.04 bits per heavy atom. The normalized spacial score (nSPS) is 15.1. The summed E-state index contributed by atoms with van der Waals surface area (Å²) in [6.45, 7) is 4.20. The number of hydrogen-bond acceptors (Lipinski definition) is 3. The highest BCUT2D eigenvalue weighted by molar-refractivity contribution is 6.06. The molecule has 2 atom stereocenters. The summed E-state index contributed by atoms with van der Waals surface area (Å²) in [6, 6.07) is 6.47. The molecule has 3 nitrogen and oxygen atoms in total. The molecular formula is C21H21F4NO2. The maximum Gasteiger partial charge on any atom is 0.407 e. The zero-order valence-electron chi connectivity index (χ0n) is 15.7. The van der Waals surface area contributed by atoms with Crippen molar-refractivity contribution in [3.63, 3.8) is 0 Å². The summed E-state index contributed by atoms with van der Waals surface area (Å²) in [7, 11) is 0. The number of hydrogen-bond donors (Lipinski definition) is 1. The van der Waals surface area contributed by atoms with Crippen molar-refractivity contribution in [1.29, 1.82) is 0 Å². The number of alkyl halides is 4. The highest BCUT2D eigenvalue weighted by Gasteiger charge is 2.42. The Morgan fingerprint density at radius 3 is 2.36 bits per heavy atom. The largest absolute Gasteiger partial charge is 0.456 e. The number of benzene rings is 2. The molecule has 0 aliphatic rings. The number of fused-ring (bicyclic) bond motifs is 3. The van der Waals surface area contributed by atoms with Crippen molar-refractivity contribution in [3.8, 4) is 0 Å². The molecule has 0 bridgehead atoms. The molecule has 0 aliphatic carbocycles. The second-order valence-electron chi connectivity index (χ2n) is 7.70. The van der Waals surface area contributed by atoms with Gasteiger partial charge in [-0.05, 0) is 57.0 Å².